The third kappa shape index (κ3) is 3.59. The van der Waals surface area contributed by atoms with Crippen molar-refractivity contribution in [2.75, 3.05) is 14.2 Å². The first kappa shape index (κ1) is 18.1. The second kappa shape index (κ2) is 7.77. The minimum atomic E-state index is -0.228. The summed E-state index contributed by atoms with van der Waals surface area (Å²) in [6, 6.07) is 16.9. The first-order valence-corrected chi connectivity index (χ1v) is 9.55. The quantitative estimate of drug-likeness (QED) is 0.505. The van der Waals surface area contributed by atoms with Gasteiger partial charge in [-0.1, -0.05) is 42.1 Å². The number of H-pyrrole nitrogens is 1. The van der Waals surface area contributed by atoms with E-state index in [0.717, 1.165) is 11.3 Å². The summed E-state index contributed by atoms with van der Waals surface area (Å²) in [5.74, 6) is 2.26. The van der Waals surface area contributed by atoms with Crippen LogP contribution in [-0.2, 0) is 5.75 Å². The Kier molecular flexibility index (Phi) is 5.03. The molecule has 0 atom stereocenters. The van der Waals surface area contributed by atoms with Gasteiger partial charge in [-0.3, -0.25) is 9.89 Å². The van der Waals surface area contributed by atoms with Crippen molar-refractivity contribution in [3.8, 4) is 22.8 Å². The Morgan fingerprint density at radius 3 is 2.54 bits per heavy atom. The summed E-state index contributed by atoms with van der Waals surface area (Å²) < 4.78 is 11.9. The molecular formula is C20H18N4O3S. The fraction of sp³-hybridized carbons (Fsp3) is 0.150. The molecule has 2 heterocycles. The fourth-order valence-corrected chi connectivity index (χ4v) is 3.59. The maximum absolute atomic E-state index is 12.5. The van der Waals surface area contributed by atoms with Gasteiger partial charge in [0.25, 0.3) is 11.3 Å². The van der Waals surface area contributed by atoms with E-state index < -0.39 is 0 Å². The van der Waals surface area contributed by atoms with E-state index in [2.05, 4.69) is 27.2 Å². The molecule has 0 saturated heterocycles. The highest BCUT2D eigenvalue weighted by atomic mass is 32.2. The number of thioether (sulfide) groups is 1. The van der Waals surface area contributed by atoms with Gasteiger partial charge >= 0.3 is 0 Å². The van der Waals surface area contributed by atoms with Crippen molar-refractivity contribution in [3.63, 3.8) is 0 Å². The highest BCUT2D eigenvalue weighted by Gasteiger charge is 2.12. The van der Waals surface area contributed by atoms with Crippen LogP contribution in [0.5, 0.6) is 11.5 Å². The summed E-state index contributed by atoms with van der Waals surface area (Å²) in [5, 5.41) is 3.64. The Hall–Kier alpha value is -3.26. The van der Waals surface area contributed by atoms with Crippen LogP contribution >= 0.6 is 11.8 Å². The zero-order chi connectivity index (χ0) is 19.5. The summed E-state index contributed by atoms with van der Waals surface area (Å²) in [7, 11) is 3.14. The van der Waals surface area contributed by atoms with Crippen LogP contribution in [0.4, 0.5) is 0 Å². The lowest BCUT2D eigenvalue weighted by molar-refractivity contribution is 0.355. The second-order valence-corrected chi connectivity index (χ2v) is 6.95. The minimum Gasteiger partial charge on any atom is -0.493 e. The monoisotopic (exact) mass is 394 g/mol. The van der Waals surface area contributed by atoms with E-state index in [4.69, 9.17) is 9.47 Å². The van der Waals surface area contributed by atoms with Gasteiger partial charge < -0.3 is 9.47 Å². The molecule has 7 nitrogen and oxygen atoms in total. The normalized spacial score (nSPS) is 10.9. The van der Waals surface area contributed by atoms with Gasteiger partial charge in [-0.2, -0.15) is 9.50 Å². The number of benzene rings is 2. The largest absolute Gasteiger partial charge is 0.493 e. The molecule has 142 valence electrons. The number of ether oxygens (including phenoxy) is 2. The van der Waals surface area contributed by atoms with E-state index >= 15 is 0 Å². The molecule has 2 aromatic carbocycles. The number of aromatic amines is 1. The van der Waals surface area contributed by atoms with E-state index in [9.17, 15) is 4.79 Å². The Balaban J connectivity index is 1.66. The average molecular weight is 394 g/mol. The van der Waals surface area contributed by atoms with E-state index in [-0.39, 0.29) is 5.56 Å². The number of rotatable bonds is 6. The number of hydrogen-bond acceptors (Lipinski definition) is 6. The van der Waals surface area contributed by atoms with E-state index in [1.807, 2.05) is 24.3 Å². The van der Waals surface area contributed by atoms with Crippen molar-refractivity contribution < 1.29 is 9.47 Å². The zero-order valence-corrected chi connectivity index (χ0v) is 16.2. The molecule has 0 aliphatic carbocycles. The Morgan fingerprint density at radius 1 is 1.00 bits per heavy atom. The van der Waals surface area contributed by atoms with Crippen molar-refractivity contribution in [2.45, 2.75) is 10.9 Å². The van der Waals surface area contributed by atoms with Crippen molar-refractivity contribution in [1.82, 2.24) is 19.6 Å². The van der Waals surface area contributed by atoms with E-state index in [0.29, 0.717) is 28.1 Å². The number of fused-ring (bicyclic) bond motifs is 1. The van der Waals surface area contributed by atoms with Gasteiger partial charge in [-0.05, 0) is 23.8 Å². The lowest BCUT2D eigenvalue weighted by atomic mass is 10.1. The van der Waals surface area contributed by atoms with Crippen LogP contribution in [-0.4, -0.2) is 33.8 Å². The molecule has 0 aliphatic heterocycles. The molecule has 0 radical (unpaired) electrons. The second-order valence-electron chi connectivity index (χ2n) is 5.99. The number of nitrogens with one attached hydrogen (secondary N) is 1. The molecule has 4 aromatic rings. The predicted octanol–water partition coefficient (Wildman–Crippen LogP) is 3.39. The highest BCUT2D eigenvalue weighted by Crippen LogP contribution is 2.31. The fourth-order valence-electron chi connectivity index (χ4n) is 2.80. The molecular weight excluding hydrogens is 376 g/mol. The van der Waals surface area contributed by atoms with Crippen LogP contribution in [0.1, 0.15) is 5.56 Å². The van der Waals surface area contributed by atoms with Crippen LogP contribution in [0.2, 0.25) is 0 Å². The van der Waals surface area contributed by atoms with Crippen LogP contribution in [0.15, 0.2) is 64.5 Å². The van der Waals surface area contributed by atoms with Gasteiger partial charge in [-0.15, -0.1) is 0 Å². The maximum atomic E-state index is 12.5. The molecule has 2 aromatic heterocycles. The number of nitrogens with zero attached hydrogens (tertiary/aromatic N) is 3. The Labute approximate surface area is 165 Å². The van der Waals surface area contributed by atoms with Gasteiger partial charge in [0, 0.05) is 17.4 Å². The van der Waals surface area contributed by atoms with Gasteiger partial charge in [-0.25, -0.2) is 4.98 Å². The average Bonchev–Trinajstić information content (AvgIpc) is 3.16. The van der Waals surface area contributed by atoms with Gasteiger partial charge in [0.1, 0.15) is 0 Å². The van der Waals surface area contributed by atoms with Crippen LogP contribution in [0.25, 0.3) is 17.0 Å². The number of methoxy groups -OCH3 is 2. The molecule has 1 N–H and O–H groups in total. The Morgan fingerprint density at radius 2 is 1.79 bits per heavy atom. The molecule has 28 heavy (non-hydrogen) atoms. The lowest BCUT2D eigenvalue weighted by Gasteiger charge is -2.09. The molecule has 0 bridgehead atoms. The standard InChI is InChI=1S/C20H18N4O3S/c1-26-16-9-8-14(10-17(16)27-2)15-11-18(25)24-19(21-15)22-20(23-24)28-12-13-6-4-3-5-7-13/h3-11H,12H2,1-2H3,(H,21,22,23). The summed E-state index contributed by atoms with van der Waals surface area (Å²) in [4.78, 5) is 21.5. The zero-order valence-electron chi connectivity index (χ0n) is 15.4. The maximum Gasteiger partial charge on any atom is 0.274 e. The summed E-state index contributed by atoms with van der Waals surface area (Å²) in [6.45, 7) is 0. The molecule has 0 amide bonds. The molecule has 0 unspecified atom stereocenters. The summed E-state index contributed by atoms with van der Waals surface area (Å²) >= 11 is 1.52. The van der Waals surface area contributed by atoms with Crippen molar-refractivity contribution in [1.29, 1.82) is 0 Å². The number of hydrogen-bond donors (Lipinski definition) is 1. The molecule has 8 heteroatoms. The Bertz CT molecular complexity index is 1170. The molecule has 0 fully saturated rings. The van der Waals surface area contributed by atoms with Crippen LogP contribution in [0, 0.1) is 0 Å². The van der Waals surface area contributed by atoms with Crippen molar-refractivity contribution in [2.24, 2.45) is 0 Å². The van der Waals surface area contributed by atoms with Crippen molar-refractivity contribution >= 4 is 17.5 Å². The van der Waals surface area contributed by atoms with E-state index in [1.54, 1.807) is 26.4 Å². The van der Waals surface area contributed by atoms with Crippen LogP contribution in [0.3, 0.4) is 0 Å². The third-order valence-corrected chi connectivity index (χ3v) is 5.14. The highest BCUT2D eigenvalue weighted by molar-refractivity contribution is 7.98. The summed E-state index contributed by atoms with van der Waals surface area (Å²) in [6.07, 6.45) is 0. The first-order valence-electron chi connectivity index (χ1n) is 8.57. The molecule has 0 saturated carbocycles. The predicted molar refractivity (Wildman–Crippen MR) is 108 cm³/mol. The van der Waals surface area contributed by atoms with E-state index in [1.165, 1.54) is 27.9 Å². The third-order valence-electron chi connectivity index (χ3n) is 4.21. The van der Waals surface area contributed by atoms with Gasteiger partial charge in [0.15, 0.2) is 16.7 Å². The number of aromatic nitrogens is 4. The smallest absolute Gasteiger partial charge is 0.274 e. The molecule has 0 aliphatic rings. The minimum absolute atomic E-state index is 0.228. The topological polar surface area (TPSA) is 81.5 Å². The SMILES string of the molecule is COc1ccc(-c2cc(=O)n3[nH]c(SCc4ccccc4)nc3n2)cc1OC. The molecule has 4 rings (SSSR count). The first-order chi connectivity index (χ1) is 13.7. The van der Waals surface area contributed by atoms with Gasteiger partial charge in [0.05, 0.1) is 19.9 Å². The lowest BCUT2D eigenvalue weighted by Crippen LogP contribution is -2.14. The molecule has 0 spiro atoms. The summed E-state index contributed by atoms with van der Waals surface area (Å²) in [5.41, 5.74) is 2.23. The van der Waals surface area contributed by atoms with Crippen molar-refractivity contribution in [3.05, 3.63) is 70.5 Å². The van der Waals surface area contributed by atoms with Gasteiger partial charge in [0.2, 0.25) is 0 Å². The van der Waals surface area contributed by atoms with Crippen LogP contribution < -0.4 is 15.0 Å².